The van der Waals surface area contributed by atoms with Gasteiger partial charge in [-0.3, -0.25) is 4.79 Å². The molecule has 0 radical (unpaired) electrons. The van der Waals surface area contributed by atoms with Crippen LogP contribution >= 0.6 is 11.6 Å². The van der Waals surface area contributed by atoms with E-state index in [2.05, 4.69) is 5.32 Å². The Hall–Kier alpha value is -1.95. The number of methoxy groups -OCH3 is 1. The largest absolute Gasteiger partial charge is 0.394 e. The predicted molar refractivity (Wildman–Crippen MR) is 85.9 cm³/mol. The van der Waals surface area contributed by atoms with Gasteiger partial charge in [-0.15, -0.1) is 0 Å². The fraction of sp³-hybridized carbons (Fsp3) is 0.235. The highest BCUT2D eigenvalue weighted by atomic mass is 35.5. The van der Waals surface area contributed by atoms with Crippen molar-refractivity contribution < 1.29 is 19.0 Å². The molecule has 1 atom stereocenters. The molecule has 1 amide bonds. The predicted octanol–water partition coefficient (Wildman–Crippen LogP) is 3.09. The molecule has 23 heavy (non-hydrogen) atoms. The van der Waals surface area contributed by atoms with Crippen molar-refractivity contribution in [1.29, 1.82) is 0 Å². The van der Waals surface area contributed by atoms with Crippen LogP contribution in [-0.4, -0.2) is 24.7 Å². The average Bonchev–Trinajstić information content (AvgIpc) is 2.55. The average molecular weight is 338 g/mol. The number of aliphatic hydroxyl groups excluding tert-OH is 1. The van der Waals surface area contributed by atoms with Crippen LogP contribution in [-0.2, 0) is 11.3 Å². The van der Waals surface area contributed by atoms with Crippen LogP contribution in [0, 0.1) is 5.82 Å². The molecule has 0 aliphatic carbocycles. The number of nitrogens with one attached hydrogen (secondary N) is 1. The Balaban J connectivity index is 2.16. The number of carbonyl (C=O) groups excluding carboxylic acids is 1. The number of hydrogen-bond acceptors (Lipinski definition) is 3. The molecule has 0 aromatic heterocycles. The second kappa shape index (κ2) is 8.06. The van der Waals surface area contributed by atoms with E-state index in [0.717, 1.165) is 5.56 Å². The molecule has 122 valence electrons. The van der Waals surface area contributed by atoms with E-state index in [1.54, 1.807) is 31.4 Å². The lowest BCUT2D eigenvalue weighted by atomic mass is 10.1. The lowest BCUT2D eigenvalue weighted by Gasteiger charge is -2.17. The molecule has 0 aliphatic rings. The monoisotopic (exact) mass is 337 g/mol. The van der Waals surface area contributed by atoms with Gasteiger partial charge in [0.2, 0.25) is 0 Å². The Morgan fingerprint density at radius 2 is 2.13 bits per heavy atom. The van der Waals surface area contributed by atoms with E-state index in [1.165, 1.54) is 12.1 Å². The summed E-state index contributed by atoms with van der Waals surface area (Å²) in [6, 6.07) is 10.4. The molecule has 2 rings (SSSR count). The summed E-state index contributed by atoms with van der Waals surface area (Å²) in [6.45, 7) is 0.0392. The van der Waals surface area contributed by atoms with Gasteiger partial charge in [0.1, 0.15) is 5.82 Å². The Labute approximate surface area is 138 Å². The molecule has 1 unspecified atom stereocenters. The first-order valence-electron chi connectivity index (χ1n) is 6.99. The molecule has 6 heteroatoms. The van der Waals surface area contributed by atoms with Crippen LogP contribution in [0.25, 0.3) is 0 Å². The molecule has 0 saturated carbocycles. The lowest BCUT2D eigenvalue weighted by molar-refractivity contribution is 0.0915. The summed E-state index contributed by atoms with van der Waals surface area (Å²) >= 11 is 5.64. The third-order valence-electron chi connectivity index (χ3n) is 3.33. The van der Waals surface area contributed by atoms with Crippen LogP contribution in [0.1, 0.15) is 27.5 Å². The van der Waals surface area contributed by atoms with Gasteiger partial charge >= 0.3 is 0 Å². The van der Waals surface area contributed by atoms with Crippen LogP contribution in [0.4, 0.5) is 4.39 Å². The summed E-state index contributed by atoms with van der Waals surface area (Å²) in [7, 11) is 1.57. The zero-order chi connectivity index (χ0) is 16.8. The van der Waals surface area contributed by atoms with Gasteiger partial charge in [-0.25, -0.2) is 4.39 Å². The summed E-state index contributed by atoms with van der Waals surface area (Å²) in [6.07, 6.45) is 0. The zero-order valence-electron chi connectivity index (χ0n) is 12.6. The highest BCUT2D eigenvalue weighted by Crippen LogP contribution is 2.20. The summed E-state index contributed by atoms with van der Waals surface area (Å²) < 4.78 is 18.6. The summed E-state index contributed by atoms with van der Waals surface area (Å²) in [4.78, 5) is 12.3. The second-order valence-electron chi connectivity index (χ2n) is 5.02. The summed E-state index contributed by atoms with van der Waals surface area (Å²) in [5.41, 5.74) is 1.74. The van der Waals surface area contributed by atoms with Gasteiger partial charge in [0.15, 0.2) is 0 Å². The fourth-order valence-corrected chi connectivity index (χ4v) is 2.29. The smallest absolute Gasteiger partial charge is 0.251 e. The minimum atomic E-state index is -0.722. The number of hydrogen-bond donors (Lipinski definition) is 2. The fourth-order valence-electron chi connectivity index (χ4n) is 2.17. The minimum Gasteiger partial charge on any atom is -0.394 e. The van der Waals surface area contributed by atoms with E-state index < -0.39 is 11.9 Å². The number of amides is 1. The van der Waals surface area contributed by atoms with E-state index in [1.807, 2.05) is 6.07 Å². The molecule has 4 nitrogen and oxygen atoms in total. The van der Waals surface area contributed by atoms with Crippen molar-refractivity contribution in [3.05, 3.63) is 70.0 Å². The molecular weight excluding hydrogens is 321 g/mol. The number of halogens is 2. The molecule has 2 aromatic carbocycles. The number of benzene rings is 2. The molecule has 0 spiro atoms. The van der Waals surface area contributed by atoms with E-state index in [4.69, 9.17) is 16.3 Å². The molecule has 0 fully saturated rings. The van der Waals surface area contributed by atoms with E-state index in [0.29, 0.717) is 17.7 Å². The molecule has 0 saturated heterocycles. The van der Waals surface area contributed by atoms with Gasteiger partial charge in [0.05, 0.1) is 24.3 Å². The van der Waals surface area contributed by atoms with E-state index in [-0.39, 0.29) is 17.5 Å². The van der Waals surface area contributed by atoms with Crippen molar-refractivity contribution in [2.45, 2.75) is 12.6 Å². The van der Waals surface area contributed by atoms with E-state index in [9.17, 15) is 14.3 Å². The van der Waals surface area contributed by atoms with Gasteiger partial charge < -0.3 is 15.2 Å². The second-order valence-corrected chi connectivity index (χ2v) is 5.42. The van der Waals surface area contributed by atoms with Gasteiger partial charge in [-0.05, 0) is 35.4 Å². The standard InChI is InChI=1S/C17H17ClFNO3/c1-23-10-11-3-2-4-13(7-11)17(22)20-16(9-21)12-5-6-14(18)15(19)8-12/h2-8,16,21H,9-10H2,1H3,(H,20,22). The van der Waals surface area contributed by atoms with Crippen LogP contribution in [0.3, 0.4) is 0 Å². The van der Waals surface area contributed by atoms with Crippen molar-refractivity contribution in [1.82, 2.24) is 5.32 Å². The summed E-state index contributed by atoms with van der Waals surface area (Å²) in [5.74, 6) is -0.962. The van der Waals surface area contributed by atoms with Crippen LogP contribution in [0.15, 0.2) is 42.5 Å². The number of carbonyl (C=O) groups is 1. The number of aliphatic hydroxyl groups is 1. The highest BCUT2D eigenvalue weighted by molar-refractivity contribution is 6.30. The van der Waals surface area contributed by atoms with Gasteiger partial charge in [0, 0.05) is 12.7 Å². The van der Waals surface area contributed by atoms with Crippen molar-refractivity contribution >= 4 is 17.5 Å². The Bertz CT molecular complexity index is 693. The molecular formula is C17H17ClFNO3. The normalized spacial score (nSPS) is 12.0. The van der Waals surface area contributed by atoms with Gasteiger partial charge in [0.25, 0.3) is 5.91 Å². The molecule has 0 bridgehead atoms. The van der Waals surface area contributed by atoms with Crippen molar-refractivity contribution in [2.75, 3.05) is 13.7 Å². The highest BCUT2D eigenvalue weighted by Gasteiger charge is 2.16. The molecule has 2 N–H and O–H groups in total. The van der Waals surface area contributed by atoms with E-state index >= 15 is 0 Å². The Kier molecular flexibility index (Phi) is 6.10. The van der Waals surface area contributed by atoms with Crippen molar-refractivity contribution in [3.8, 4) is 0 Å². The van der Waals surface area contributed by atoms with Gasteiger partial charge in [-0.1, -0.05) is 29.8 Å². The first kappa shape index (κ1) is 17.4. The maximum absolute atomic E-state index is 13.5. The van der Waals surface area contributed by atoms with Crippen LogP contribution in [0.5, 0.6) is 0 Å². The van der Waals surface area contributed by atoms with Crippen molar-refractivity contribution in [3.63, 3.8) is 0 Å². The summed E-state index contributed by atoms with van der Waals surface area (Å²) in [5, 5.41) is 12.1. The molecule has 0 aliphatic heterocycles. The topological polar surface area (TPSA) is 58.6 Å². The Morgan fingerprint density at radius 3 is 2.78 bits per heavy atom. The lowest BCUT2D eigenvalue weighted by Crippen LogP contribution is -2.30. The van der Waals surface area contributed by atoms with Gasteiger partial charge in [-0.2, -0.15) is 0 Å². The first-order valence-corrected chi connectivity index (χ1v) is 7.37. The third-order valence-corrected chi connectivity index (χ3v) is 3.64. The molecule has 0 heterocycles. The van der Waals surface area contributed by atoms with Crippen LogP contribution in [0.2, 0.25) is 5.02 Å². The maximum atomic E-state index is 13.5. The van der Waals surface area contributed by atoms with Crippen LogP contribution < -0.4 is 5.32 Å². The number of rotatable bonds is 6. The zero-order valence-corrected chi connectivity index (χ0v) is 13.3. The number of ether oxygens (including phenoxy) is 1. The Morgan fingerprint density at radius 1 is 1.35 bits per heavy atom. The SMILES string of the molecule is COCc1cccc(C(=O)NC(CO)c2ccc(Cl)c(F)c2)c1. The minimum absolute atomic E-state index is 0.0102. The molecule has 2 aromatic rings. The first-order chi connectivity index (χ1) is 11.0. The third kappa shape index (κ3) is 4.51. The maximum Gasteiger partial charge on any atom is 0.251 e. The quantitative estimate of drug-likeness (QED) is 0.851. The van der Waals surface area contributed by atoms with Crippen molar-refractivity contribution in [2.24, 2.45) is 0 Å².